The summed E-state index contributed by atoms with van der Waals surface area (Å²) in [6, 6.07) is 21.5. The number of ether oxygens (including phenoxy) is 1. The Hall–Kier alpha value is -3.73. The minimum atomic E-state index is -0.326. The number of hydrogen-bond acceptors (Lipinski definition) is 5. The van der Waals surface area contributed by atoms with Crippen LogP contribution in [0.25, 0.3) is 22.0 Å². The van der Waals surface area contributed by atoms with Crippen molar-refractivity contribution < 1.29 is 9.53 Å². The molecular weight excluding hydrogens is 374 g/mol. The zero-order chi connectivity index (χ0) is 21.1. The highest BCUT2D eigenvalue weighted by Crippen LogP contribution is 2.33. The fraction of sp³-hybridized carbons (Fsp3) is 0.160. The predicted molar refractivity (Wildman–Crippen MR) is 120 cm³/mol. The summed E-state index contributed by atoms with van der Waals surface area (Å²) in [6.07, 6.45) is 0. The van der Waals surface area contributed by atoms with Gasteiger partial charge < -0.3 is 10.1 Å². The third kappa shape index (κ3) is 3.87. The van der Waals surface area contributed by atoms with Gasteiger partial charge in [-0.15, -0.1) is 10.2 Å². The standard InChI is InChI=1S/C25H23N3O2/c1-4-30-25(29)19-10-12-20(13-11-19)26-24-22-15-17(3)16(2)14-21(22)23(27-28-24)18-8-6-5-7-9-18/h5-15H,4H2,1-3H3,(H,26,28). The zero-order valence-corrected chi connectivity index (χ0v) is 17.3. The largest absolute Gasteiger partial charge is 0.462 e. The molecule has 4 rings (SSSR count). The molecule has 5 nitrogen and oxygen atoms in total. The number of nitrogens with one attached hydrogen (secondary N) is 1. The first kappa shape index (κ1) is 19.6. The SMILES string of the molecule is CCOC(=O)c1ccc(Nc2nnc(-c3ccccc3)c3cc(C)c(C)cc23)cc1. The molecule has 0 bridgehead atoms. The molecule has 0 saturated heterocycles. The van der Waals surface area contributed by atoms with Gasteiger partial charge in [0.15, 0.2) is 5.82 Å². The number of benzene rings is 3. The van der Waals surface area contributed by atoms with Crippen molar-refractivity contribution in [3.63, 3.8) is 0 Å². The third-order valence-electron chi connectivity index (χ3n) is 5.10. The minimum Gasteiger partial charge on any atom is -0.462 e. The van der Waals surface area contributed by atoms with E-state index in [1.165, 1.54) is 11.1 Å². The van der Waals surface area contributed by atoms with E-state index in [9.17, 15) is 4.79 Å². The normalized spacial score (nSPS) is 10.8. The summed E-state index contributed by atoms with van der Waals surface area (Å²) in [5.41, 5.74) is 5.63. The zero-order valence-electron chi connectivity index (χ0n) is 17.3. The molecule has 0 radical (unpaired) electrons. The van der Waals surface area contributed by atoms with Crippen molar-refractivity contribution in [2.45, 2.75) is 20.8 Å². The maximum Gasteiger partial charge on any atom is 0.338 e. The van der Waals surface area contributed by atoms with Crippen LogP contribution in [0.15, 0.2) is 66.7 Å². The van der Waals surface area contributed by atoms with Gasteiger partial charge in [0.05, 0.1) is 12.2 Å². The second-order valence-electron chi connectivity index (χ2n) is 7.17. The summed E-state index contributed by atoms with van der Waals surface area (Å²) >= 11 is 0. The Labute approximate surface area is 175 Å². The summed E-state index contributed by atoms with van der Waals surface area (Å²) in [6.45, 7) is 6.34. The van der Waals surface area contributed by atoms with Gasteiger partial charge in [0.1, 0.15) is 5.69 Å². The van der Waals surface area contributed by atoms with Crippen molar-refractivity contribution in [1.82, 2.24) is 10.2 Å². The first-order valence-corrected chi connectivity index (χ1v) is 9.94. The van der Waals surface area contributed by atoms with Crippen LogP contribution in [0.1, 0.15) is 28.4 Å². The van der Waals surface area contributed by atoms with E-state index in [1.54, 1.807) is 19.1 Å². The Kier molecular flexibility index (Phi) is 5.44. The molecule has 0 fully saturated rings. The van der Waals surface area contributed by atoms with E-state index in [1.807, 2.05) is 42.5 Å². The van der Waals surface area contributed by atoms with Crippen LogP contribution < -0.4 is 5.32 Å². The summed E-state index contributed by atoms with van der Waals surface area (Å²) < 4.78 is 5.04. The molecule has 5 heteroatoms. The Morgan fingerprint density at radius 2 is 1.57 bits per heavy atom. The van der Waals surface area contributed by atoms with Crippen molar-refractivity contribution >= 4 is 28.2 Å². The van der Waals surface area contributed by atoms with E-state index in [0.29, 0.717) is 18.0 Å². The highest BCUT2D eigenvalue weighted by Gasteiger charge is 2.13. The number of aromatic nitrogens is 2. The number of anilines is 2. The van der Waals surface area contributed by atoms with Gasteiger partial charge in [-0.25, -0.2) is 4.79 Å². The number of fused-ring (bicyclic) bond motifs is 1. The Morgan fingerprint density at radius 1 is 0.900 bits per heavy atom. The third-order valence-corrected chi connectivity index (χ3v) is 5.10. The van der Waals surface area contributed by atoms with Gasteiger partial charge in [0.2, 0.25) is 0 Å². The number of rotatable bonds is 5. The van der Waals surface area contributed by atoms with Crippen molar-refractivity contribution in [2.24, 2.45) is 0 Å². The van der Waals surface area contributed by atoms with Gasteiger partial charge in [-0.2, -0.15) is 0 Å². The molecule has 1 heterocycles. The number of esters is 1. The lowest BCUT2D eigenvalue weighted by molar-refractivity contribution is 0.0526. The van der Waals surface area contributed by atoms with Gasteiger partial charge in [0.25, 0.3) is 0 Å². The molecule has 0 atom stereocenters. The van der Waals surface area contributed by atoms with E-state index >= 15 is 0 Å². The topological polar surface area (TPSA) is 64.1 Å². The van der Waals surface area contributed by atoms with Crippen molar-refractivity contribution in [1.29, 1.82) is 0 Å². The van der Waals surface area contributed by atoms with E-state index in [-0.39, 0.29) is 5.97 Å². The molecule has 1 aromatic heterocycles. The second-order valence-corrected chi connectivity index (χ2v) is 7.17. The average molecular weight is 397 g/mol. The summed E-state index contributed by atoms with van der Waals surface area (Å²) in [4.78, 5) is 11.9. The Morgan fingerprint density at radius 3 is 2.23 bits per heavy atom. The lowest BCUT2D eigenvalue weighted by Gasteiger charge is -2.13. The van der Waals surface area contributed by atoms with Crippen LogP contribution in [-0.2, 0) is 4.74 Å². The van der Waals surface area contributed by atoms with Crippen molar-refractivity contribution in [2.75, 3.05) is 11.9 Å². The van der Waals surface area contributed by atoms with Crippen molar-refractivity contribution in [3.8, 4) is 11.3 Å². The van der Waals surface area contributed by atoms with E-state index in [0.717, 1.165) is 27.7 Å². The molecule has 0 aliphatic rings. The highest BCUT2D eigenvalue weighted by molar-refractivity contribution is 6.01. The molecule has 0 saturated carbocycles. The first-order valence-electron chi connectivity index (χ1n) is 9.94. The summed E-state index contributed by atoms with van der Waals surface area (Å²) in [5.74, 6) is 0.351. The quantitative estimate of drug-likeness (QED) is 0.429. The fourth-order valence-electron chi connectivity index (χ4n) is 3.36. The first-order chi connectivity index (χ1) is 14.6. The molecule has 0 amide bonds. The van der Waals surface area contributed by atoms with Gasteiger partial charge in [0, 0.05) is 22.0 Å². The molecule has 0 aliphatic heterocycles. The second kappa shape index (κ2) is 8.33. The van der Waals surface area contributed by atoms with E-state index in [4.69, 9.17) is 4.74 Å². The van der Waals surface area contributed by atoms with E-state index < -0.39 is 0 Å². The number of nitrogens with zero attached hydrogens (tertiary/aromatic N) is 2. The lowest BCUT2D eigenvalue weighted by Crippen LogP contribution is -2.04. The Balaban J connectivity index is 1.75. The number of carbonyl (C=O) groups excluding carboxylic acids is 1. The number of hydrogen-bond donors (Lipinski definition) is 1. The van der Waals surface area contributed by atoms with Crippen LogP contribution in [0.4, 0.5) is 11.5 Å². The molecule has 30 heavy (non-hydrogen) atoms. The molecule has 4 aromatic rings. The summed E-state index contributed by atoms with van der Waals surface area (Å²) in [7, 11) is 0. The van der Waals surface area contributed by atoms with Gasteiger partial charge in [-0.1, -0.05) is 30.3 Å². The van der Waals surface area contributed by atoms with Crippen LogP contribution in [0, 0.1) is 13.8 Å². The monoisotopic (exact) mass is 397 g/mol. The van der Waals surface area contributed by atoms with Crippen molar-refractivity contribution in [3.05, 3.63) is 83.4 Å². The van der Waals surface area contributed by atoms with Crippen LogP contribution in [0.5, 0.6) is 0 Å². The molecule has 0 spiro atoms. The average Bonchev–Trinajstić information content (AvgIpc) is 2.76. The molecule has 1 N–H and O–H groups in total. The fourth-order valence-corrected chi connectivity index (χ4v) is 3.36. The Bertz CT molecular complexity index is 1200. The summed E-state index contributed by atoms with van der Waals surface area (Å²) in [5, 5.41) is 14.4. The smallest absolute Gasteiger partial charge is 0.338 e. The molecule has 0 unspecified atom stereocenters. The molecule has 0 aliphatic carbocycles. The van der Waals surface area contributed by atoms with Crippen LogP contribution in [0.3, 0.4) is 0 Å². The minimum absolute atomic E-state index is 0.326. The highest BCUT2D eigenvalue weighted by atomic mass is 16.5. The molecule has 150 valence electrons. The predicted octanol–water partition coefficient (Wildman–Crippen LogP) is 5.83. The van der Waals surface area contributed by atoms with E-state index in [2.05, 4.69) is 41.5 Å². The van der Waals surface area contributed by atoms with Gasteiger partial charge in [-0.3, -0.25) is 0 Å². The number of aryl methyl sites for hydroxylation is 2. The lowest BCUT2D eigenvalue weighted by atomic mass is 9.99. The van der Waals surface area contributed by atoms with Crippen LogP contribution in [-0.4, -0.2) is 22.8 Å². The molecule has 3 aromatic carbocycles. The number of carbonyl (C=O) groups is 1. The maximum absolute atomic E-state index is 11.9. The van der Waals surface area contributed by atoms with Crippen LogP contribution >= 0.6 is 0 Å². The van der Waals surface area contributed by atoms with Crippen LogP contribution in [0.2, 0.25) is 0 Å². The van der Waals surface area contributed by atoms with Gasteiger partial charge >= 0.3 is 5.97 Å². The maximum atomic E-state index is 11.9. The van der Waals surface area contributed by atoms with Gasteiger partial charge in [-0.05, 0) is 68.3 Å². The molecular formula is C25H23N3O2.